The lowest BCUT2D eigenvalue weighted by Gasteiger charge is -2.18. The minimum Gasteiger partial charge on any atom is -0.369 e. The monoisotopic (exact) mass is 269 g/mol. The van der Waals surface area contributed by atoms with Gasteiger partial charge in [-0.05, 0) is 37.0 Å². The summed E-state index contributed by atoms with van der Waals surface area (Å²) in [5.41, 5.74) is 3.59. The van der Waals surface area contributed by atoms with Crippen LogP contribution in [0.3, 0.4) is 0 Å². The second kappa shape index (κ2) is 6.04. The number of benzene rings is 1. The smallest absolute Gasteiger partial charge is 0.148 e. The first-order valence-electron chi connectivity index (χ1n) is 7.09. The topological polar surface area (TPSA) is 37.8 Å². The summed E-state index contributed by atoms with van der Waals surface area (Å²) in [5.74, 6) is 0.839. The van der Waals surface area contributed by atoms with E-state index in [9.17, 15) is 0 Å². The van der Waals surface area contributed by atoms with E-state index >= 15 is 0 Å². The maximum Gasteiger partial charge on any atom is 0.148 e. The molecular weight excluding hydrogens is 246 g/mol. The van der Waals surface area contributed by atoms with Crippen molar-refractivity contribution in [2.24, 2.45) is 5.41 Å². The Kier molecular flexibility index (Phi) is 4.38. The van der Waals surface area contributed by atoms with Crippen molar-refractivity contribution in [3.8, 4) is 11.3 Å². The zero-order valence-corrected chi connectivity index (χ0v) is 12.8. The van der Waals surface area contributed by atoms with Crippen LogP contribution in [0.15, 0.2) is 36.4 Å². The molecule has 0 aliphatic heterocycles. The van der Waals surface area contributed by atoms with E-state index in [1.807, 2.05) is 18.2 Å². The van der Waals surface area contributed by atoms with Crippen LogP contribution in [0.5, 0.6) is 0 Å². The van der Waals surface area contributed by atoms with Gasteiger partial charge in [0.1, 0.15) is 5.82 Å². The summed E-state index contributed by atoms with van der Waals surface area (Å²) in [6, 6.07) is 12.3. The molecule has 1 N–H and O–H groups in total. The van der Waals surface area contributed by atoms with Crippen molar-refractivity contribution < 1.29 is 0 Å². The van der Waals surface area contributed by atoms with Crippen LogP contribution in [0.2, 0.25) is 0 Å². The second-order valence-electron chi connectivity index (χ2n) is 6.41. The molecule has 1 aromatic carbocycles. The molecule has 20 heavy (non-hydrogen) atoms. The Bertz CT molecular complexity index is 553. The molecule has 2 aromatic rings. The largest absolute Gasteiger partial charge is 0.369 e. The highest BCUT2D eigenvalue weighted by atomic mass is 15.2. The maximum absolute atomic E-state index is 4.29. The first kappa shape index (κ1) is 14.5. The van der Waals surface area contributed by atoms with Crippen molar-refractivity contribution >= 4 is 5.82 Å². The van der Waals surface area contributed by atoms with Gasteiger partial charge >= 0.3 is 0 Å². The predicted octanol–water partition coefficient (Wildman–Crippen LogP) is 4.30. The van der Waals surface area contributed by atoms with Crippen molar-refractivity contribution in [2.75, 3.05) is 11.9 Å². The molecule has 0 bridgehead atoms. The normalized spacial score (nSPS) is 11.4. The van der Waals surface area contributed by atoms with Crippen molar-refractivity contribution in [3.63, 3.8) is 0 Å². The fourth-order valence-corrected chi connectivity index (χ4v) is 1.95. The van der Waals surface area contributed by atoms with Gasteiger partial charge in [0.25, 0.3) is 0 Å². The molecule has 0 radical (unpaired) electrons. The van der Waals surface area contributed by atoms with Gasteiger partial charge in [0.15, 0.2) is 0 Å². The first-order chi connectivity index (χ1) is 9.44. The van der Waals surface area contributed by atoms with Crippen LogP contribution in [-0.4, -0.2) is 16.7 Å². The molecule has 1 aromatic heterocycles. The highest BCUT2D eigenvalue weighted by molar-refractivity contribution is 5.60. The third-order valence-electron chi connectivity index (χ3n) is 3.16. The number of hydrogen-bond acceptors (Lipinski definition) is 3. The zero-order valence-electron chi connectivity index (χ0n) is 12.8. The molecule has 1 heterocycles. The second-order valence-corrected chi connectivity index (χ2v) is 6.41. The summed E-state index contributed by atoms with van der Waals surface area (Å²) >= 11 is 0. The van der Waals surface area contributed by atoms with Crippen LogP contribution in [-0.2, 0) is 0 Å². The van der Waals surface area contributed by atoms with E-state index in [0.29, 0.717) is 5.41 Å². The van der Waals surface area contributed by atoms with Gasteiger partial charge in [-0.1, -0.05) is 44.5 Å². The standard InChI is InChI=1S/C17H23N3/c1-13-6-5-7-14(12-13)15-8-9-16(20-19-15)18-11-10-17(2,3)4/h5-9,12H,10-11H2,1-4H3,(H,18,20). The van der Waals surface area contributed by atoms with Gasteiger partial charge in [-0.2, -0.15) is 0 Å². The van der Waals surface area contributed by atoms with E-state index in [-0.39, 0.29) is 0 Å². The van der Waals surface area contributed by atoms with Gasteiger partial charge in [0.05, 0.1) is 5.69 Å². The molecule has 0 unspecified atom stereocenters. The van der Waals surface area contributed by atoms with E-state index in [2.05, 4.69) is 61.4 Å². The van der Waals surface area contributed by atoms with Crippen LogP contribution in [0.1, 0.15) is 32.8 Å². The van der Waals surface area contributed by atoms with Crippen LogP contribution in [0, 0.1) is 12.3 Å². The lowest BCUT2D eigenvalue weighted by Crippen LogP contribution is -2.13. The maximum atomic E-state index is 4.29. The molecule has 3 heteroatoms. The summed E-state index contributed by atoms with van der Waals surface area (Å²) in [7, 11) is 0. The SMILES string of the molecule is Cc1cccc(-c2ccc(NCCC(C)(C)C)nn2)c1. The van der Waals surface area contributed by atoms with Crippen LogP contribution >= 0.6 is 0 Å². The average molecular weight is 269 g/mol. The fourth-order valence-electron chi connectivity index (χ4n) is 1.95. The van der Waals surface area contributed by atoms with Gasteiger partial charge in [0.2, 0.25) is 0 Å². The molecule has 0 aliphatic carbocycles. The zero-order chi connectivity index (χ0) is 14.6. The van der Waals surface area contributed by atoms with Crippen molar-refractivity contribution in [3.05, 3.63) is 42.0 Å². The summed E-state index contributed by atoms with van der Waals surface area (Å²) < 4.78 is 0. The molecule has 0 amide bonds. The minimum atomic E-state index is 0.335. The molecule has 0 aliphatic rings. The average Bonchev–Trinajstić information content (AvgIpc) is 2.38. The Morgan fingerprint density at radius 2 is 1.85 bits per heavy atom. The summed E-state index contributed by atoms with van der Waals surface area (Å²) in [5, 5.41) is 11.9. The highest BCUT2D eigenvalue weighted by Gasteiger charge is 2.09. The number of nitrogens with zero attached hydrogens (tertiary/aromatic N) is 2. The Balaban J connectivity index is 2.00. The lowest BCUT2D eigenvalue weighted by atomic mass is 9.92. The predicted molar refractivity (Wildman–Crippen MR) is 84.8 cm³/mol. The number of aromatic nitrogens is 2. The minimum absolute atomic E-state index is 0.335. The molecule has 3 nitrogen and oxygen atoms in total. The summed E-state index contributed by atoms with van der Waals surface area (Å²) in [6.45, 7) is 9.71. The number of nitrogens with one attached hydrogen (secondary N) is 1. The number of hydrogen-bond donors (Lipinski definition) is 1. The van der Waals surface area contributed by atoms with Gasteiger partial charge in [-0.25, -0.2) is 0 Å². The summed E-state index contributed by atoms with van der Waals surface area (Å²) in [6.07, 6.45) is 1.11. The van der Waals surface area contributed by atoms with Crippen molar-refractivity contribution in [1.82, 2.24) is 10.2 Å². The third kappa shape index (κ3) is 4.34. The number of aryl methyl sites for hydroxylation is 1. The molecule has 0 atom stereocenters. The molecule has 0 saturated heterocycles. The highest BCUT2D eigenvalue weighted by Crippen LogP contribution is 2.20. The molecule has 2 rings (SSSR count). The molecular formula is C17H23N3. The van der Waals surface area contributed by atoms with E-state index in [4.69, 9.17) is 0 Å². The van der Waals surface area contributed by atoms with Gasteiger partial charge in [0, 0.05) is 12.1 Å². The fraction of sp³-hybridized carbons (Fsp3) is 0.412. The Morgan fingerprint density at radius 1 is 1.05 bits per heavy atom. The number of rotatable bonds is 4. The quantitative estimate of drug-likeness (QED) is 0.899. The van der Waals surface area contributed by atoms with Gasteiger partial charge in [-0.3, -0.25) is 0 Å². The van der Waals surface area contributed by atoms with E-state index in [0.717, 1.165) is 30.0 Å². The van der Waals surface area contributed by atoms with Gasteiger partial charge < -0.3 is 5.32 Å². The van der Waals surface area contributed by atoms with Crippen LogP contribution in [0.4, 0.5) is 5.82 Å². The Morgan fingerprint density at radius 3 is 2.45 bits per heavy atom. The Labute approximate surface area is 121 Å². The van der Waals surface area contributed by atoms with Gasteiger partial charge in [-0.15, -0.1) is 10.2 Å². The summed E-state index contributed by atoms with van der Waals surface area (Å²) in [4.78, 5) is 0. The Hall–Kier alpha value is -1.90. The van der Waals surface area contributed by atoms with E-state index < -0.39 is 0 Å². The third-order valence-corrected chi connectivity index (χ3v) is 3.16. The van der Waals surface area contributed by atoms with E-state index in [1.165, 1.54) is 5.56 Å². The van der Waals surface area contributed by atoms with E-state index in [1.54, 1.807) is 0 Å². The molecule has 0 saturated carbocycles. The molecule has 0 fully saturated rings. The van der Waals surface area contributed by atoms with Crippen molar-refractivity contribution in [2.45, 2.75) is 34.1 Å². The van der Waals surface area contributed by atoms with Crippen molar-refractivity contribution in [1.29, 1.82) is 0 Å². The number of anilines is 1. The van der Waals surface area contributed by atoms with Crippen LogP contribution in [0.25, 0.3) is 11.3 Å². The van der Waals surface area contributed by atoms with Crippen LogP contribution < -0.4 is 5.32 Å². The lowest BCUT2D eigenvalue weighted by molar-refractivity contribution is 0.389. The molecule has 106 valence electrons. The molecule has 0 spiro atoms. The first-order valence-corrected chi connectivity index (χ1v) is 7.09.